The third kappa shape index (κ3) is 3.87. The Morgan fingerprint density at radius 2 is 1.90 bits per heavy atom. The lowest BCUT2D eigenvalue weighted by molar-refractivity contribution is 0.634. The summed E-state index contributed by atoms with van der Waals surface area (Å²) in [6.07, 6.45) is 0.968. The first-order valence-corrected chi connectivity index (χ1v) is 8.52. The molecule has 3 heteroatoms. The van der Waals surface area contributed by atoms with Crippen LogP contribution in [0.4, 0.5) is 0 Å². The zero-order valence-electron chi connectivity index (χ0n) is 11.8. The highest BCUT2D eigenvalue weighted by molar-refractivity contribution is 9.10. The lowest BCUT2D eigenvalue weighted by Gasteiger charge is -2.24. The fraction of sp³-hybridized carbons (Fsp3) is 0.294. The zero-order valence-corrected chi connectivity index (χ0v) is 14.2. The topological polar surface area (TPSA) is 26.0 Å². The fourth-order valence-corrected chi connectivity index (χ4v) is 3.88. The largest absolute Gasteiger partial charge is 0.326 e. The molecule has 0 spiro atoms. The minimum absolute atomic E-state index is 0.147. The van der Waals surface area contributed by atoms with Gasteiger partial charge in [0.2, 0.25) is 0 Å². The monoisotopic (exact) mass is 349 g/mol. The molecule has 0 aliphatic rings. The molecule has 0 bridgehead atoms. The Balaban J connectivity index is 2.31. The van der Waals surface area contributed by atoms with Crippen molar-refractivity contribution in [2.75, 3.05) is 0 Å². The number of nitrogens with two attached hydrogens (primary N) is 1. The molecule has 0 aromatic heterocycles. The van der Waals surface area contributed by atoms with Crippen molar-refractivity contribution in [3.63, 3.8) is 0 Å². The summed E-state index contributed by atoms with van der Waals surface area (Å²) in [7, 11) is 0. The van der Waals surface area contributed by atoms with Gasteiger partial charge in [0.1, 0.15) is 0 Å². The molecule has 0 fully saturated rings. The molecule has 2 aromatic rings. The van der Waals surface area contributed by atoms with Crippen LogP contribution in [0.3, 0.4) is 0 Å². The number of hydrogen-bond acceptors (Lipinski definition) is 2. The van der Waals surface area contributed by atoms with E-state index in [-0.39, 0.29) is 11.3 Å². The molecule has 2 rings (SSSR count). The lowest BCUT2D eigenvalue weighted by Crippen LogP contribution is -2.25. The lowest BCUT2D eigenvalue weighted by atomic mass is 10.0. The molecule has 0 heterocycles. The highest BCUT2D eigenvalue weighted by atomic mass is 79.9. The molecular formula is C17H20BrNS. The highest BCUT2D eigenvalue weighted by Crippen LogP contribution is 2.39. The summed E-state index contributed by atoms with van der Waals surface area (Å²) in [6.45, 7) is 4.30. The predicted octanol–water partition coefficient (Wildman–Crippen LogP) is 5.33. The molecule has 0 aliphatic heterocycles. The van der Waals surface area contributed by atoms with Gasteiger partial charge < -0.3 is 5.73 Å². The molecule has 0 amide bonds. The standard InChI is InChI=1S/C17H20BrNS/c1-3-15(19)17(13-8-6-9-14(18)11-13)20-16-10-5-4-7-12(16)2/h4-11,15,17H,3,19H2,1-2H3. The van der Waals surface area contributed by atoms with Gasteiger partial charge in [0.25, 0.3) is 0 Å². The summed E-state index contributed by atoms with van der Waals surface area (Å²) in [5.41, 5.74) is 8.95. The van der Waals surface area contributed by atoms with E-state index < -0.39 is 0 Å². The maximum absolute atomic E-state index is 6.36. The Hall–Kier alpha value is -0.770. The second-order valence-electron chi connectivity index (χ2n) is 4.93. The van der Waals surface area contributed by atoms with Crippen LogP contribution < -0.4 is 5.73 Å². The van der Waals surface area contributed by atoms with Gasteiger partial charge in [-0.05, 0) is 42.7 Å². The summed E-state index contributed by atoms with van der Waals surface area (Å²) in [5, 5.41) is 0.276. The van der Waals surface area contributed by atoms with Crippen molar-refractivity contribution in [1.82, 2.24) is 0 Å². The van der Waals surface area contributed by atoms with E-state index in [1.165, 1.54) is 16.0 Å². The molecule has 106 valence electrons. The van der Waals surface area contributed by atoms with Crippen LogP contribution in [0.15, 0.2) is 57.9 Å². The molecule has 2 aromatic carbocycles. The number of aryl methyl sites for hydroxylation is 1. The van der Waals surface area contributed by atoms with Crippen LogP contribution in [0.5, 0.6) is 0 Å². The molecule has 2 unspecified atom stereocenters. The molecule has 0 saturated carbocycles. The van der Waals surface area contributed by atoms with Gasteiger partial charge in [-0.15, -0.1) is 11.8 Å². The third-order valence-corrected chi connectivity index (χ3v) is 5.47. The summed E-state index contributed by atoms with van der Waals surface area (Å²) in [4.78, 5) is 1.31. The van der Waals surface area contributed by atoms with E-state index >= 15 is 0 Å². The van der Waals surface area contributed by atoms with Crippen LogP contribution in [0.25, 0.3) is 0 Å². The first-order valence-electron chi connectivity index (χ1n) is 6.85. The van der Waals surface area contributed by atoms with Crippen molar-refractivity contribution >= 4 is 27.7 Å². The first-order chi connectivity index (χ1) is 9.61. The Labute approximate surface area is 134 Å². The fourth-order valence-electron chi connectivity index (χ4n) is 2.13. The van der Waals surface area contributed by atoms with E-state index in [0.717, 1.165) is 10.9 Å². The molecule has 0 radical (unpaired) electrons. The minimum Gasteiger partial charge on any atom is -0.326 e. The smallest absolute Gasteiger partial charge is 0.0495 e. The Morgan fingerprint density at radius 1 is 1.15 bits per heavy atom. The van der Waals surface area contributed by atoms with Gasteiger partial charge in [-0.2, -0.15) is 0 Å². The predicted molar refractivity (Wildman–Crippen MR) is 92.2 cm³/mol. The van der Waals surface area contributed by atoms with E-state index in [1.807, 2.05) is 11.8 Å². The van der Waals surface area contributed by atoms with Crippen LogP contribution >= 0.6 is 27.7 Å². The summed E-state index contributed by atoms with van der Waals surface area (Å²) in [6, 6.07) is 17.1. The normalized spacial score (nSPS) is 14.0. The molecule has 0 aliphatic carbocycles. The summed E-state index contributed by atoms with van der Waals surface area (Å²) < 4.78 is 1.11. The first kappa shape index (κ1) is 15.6. The molecule has 1 nitrogen and oxygen atoms in total. The van der Waals surface area contributed by atoms with Crippen LogP contribution in [0.1, 0.15) is 29.7 Å². The van der Waals surface area contributed by atoms with Gasteiger partial charge in [-0.25, -0.2) is 0 Å². The second kappa shape index (κ2) is 7.30. The van der Waals surface area contributed by atoms with Gasteiger partial charge in [-0.3, -0.25) is 0 Å². The van der Waals surface area contributed by atoms with Crippen molar-refractivity contribution in [2.24, 2.45) is 5.73 Å². The van der Waals surface area contributed by atoms with E-state index in [2.05, 4.69) is 78.3 Å². The second-order valence-corrected chi connectivity index (χ2v) is 7.03. The van der Waals surface area contributed by atoms with Gasteiger partial charge in [-0.1, -0.05) is 53.2 Å². The van der Waals surface area contributed by atoms with E-state index in [1.54, 1.807) is 0 Å². The van der Waals surface area contributed by atoms with Crippen LogP contribution in [0, 0.1) is 6.92 Å². The van der Waals surface area contributed by atoms with Gasteiger partial charge in [0.05, 0.1) is 0 Å². The number of thioether (sulfide) groups is 1. The van der Waals surface area contributed by atoms with Crippen molar-refractivity contribution in [3.05, 3.63) is 64.1 Å². The van der Waals surface area contributed by atoms with Crippen molar-refractivity contribution < 1.29 is 0 Å². The van der Waals surface area contributed by atoms with Gasteiger partial charge >= 0.3 is 0 Å². The van der Waals surface area contributed by atoms with Crippen molar-refractivity contribution in [3.8, 4) is 0 Å². The Morgan fingerprint density at radius 3 is 2.55 bits per heavy atom. The van der Waals surface area contributed by atoms with Crippen LogP contribution in [-0.2, 0) is 0 Å². The van der Waals surface area contributed by atoms with Crippen LogP contribution in [-0.4, -0.2) is 6.04 Å². The molecular weight excluding hydrogens is 330 g/mol. The van der Waals surface area contributed by atoms with E-state index in [0.29, 0.717) is 0 Å². The van der Waals surface area contributed by atoms with Gasteiger partial charge in [0, 0.05) is 20.7 Å². The number of rotatable bonds is 5. The van der Waals surface area contributed by atoms with Crippen LogP contribution in [0.2, 0.25) is 0 Å². The van der Waals surface area contributed by atoms with E-state index in [4.69, 9.17) is 5.73 Å². The number of hydrogen-bond donors (Lipinski definition) is 1. The summed E-state index contributed by atoms with van der Waals surface area (Å²) in [5.74, 6) is 0. The quantitative estimate of drug-likeness (QED) is 0.738. The van der Waals surface area contributed by atoms with Crippen molar-refractivity contribution in [2.45, 2.75) is 36.5 Å². The maximum atomic E-state index is 6.36. The molecule has 2 atom stereocenters. The average Bonchev–Trinajstić information content (AvgIpc) is 2.45. The van der Waals surface area contributed by atoms with E-state index in [9.17, 15) is 0 Å². The molecule has 2 N–H and O–H groups in total. The SMILES string of the molecule is CCC(N)C(Sc1ccccc1C)c1cccc(Br)c1. The summed E-state index contributed by atoms with van der Waals surface area (Å²) >= 11 is 5.42. The Kier molecular flexibility index (Phi) is 5.70. The third-order valence-electron chi connectivity index (χ3n) is 3.39. The zero-order chi connectivity index (χ0) is 14.5. The average molecular weight is 350 g/mol. The van der Waals surface area contributed by atoms with Gasteiger partial charge in [0.15, 0.2) is 0 Å². The molecule has 20 heavy (non-hydrogen) atoms. The Bertz CT molecular complexity index is 570. The number of halogens is 1. The highest BCUT2D eigenvalue weighted by Gasteiger charge is 2.20. The van der Waals surface area contributed by atoms with Crippen molar-refractivity contribution in [1.29, 1.82) is 0 Å². The molecule has 0 saturated heterocycles. The minimum atomic E-state index is 0.147. The number of benzene rings is 2. The maximum Gasteiger partial charge on any atom is 0.0495 e.